The Balaban J connectivity index is 1.45. The number of hydrogen-bond donors (Lipinski definition) is 0. The molecule has 0 aromatic heterocycles. The number of methoxy groups -OCH3 is 1. The zero-order valence-corrected chi connectivity index (χ0v) is 18.1. The summed E-state index contributed by atoms with van der Waals surface area (Å²) in [7, 11) is 1.33. The quantitative estimate of drug-likeness (QED) is 0.353. The van der Waals surface area contributed by atoms with Crippen LogP contribution in [0.4, 0.5) is 8.78 Å². The maximum absolute atomic E-state index is 14.1. The highest BCUT2D eigenvalue weighted by molar-refractivity contribution is 5.41. The van der Waals surface area contributed by atoms with Crippen LogP contribution in [0.3, 0.4) is 0 Å². The molecular weight excluding hydrogens is 366 g/mol. The van der Waals surface area contributed by atoms with Crippen molar-refractivity contribution in [2.24, 2.45) is 23.7 Å². The zero-order valence-electron chi connectivity index (χ0n) is 18.1. The van der Waals surface area contributed by atoms with E-state index in [1.807, 2.05) is 0 Å². The minimum absolute atomic E-state index is 0.0753. The van der Waals surface area contributed by atoms with Gasteiger partial charge in [-0.15, -0.1) is 0 Å². The van der Waals surface area contributed by atoms with Crippen LogP contribution in [-0.4, -0.2) is 7.11 Å². The first-order chi connectivity index (χ1) is 14.1. The van der Waals surface area contributed by atoms with Crippen molar-refractivity contribution in [1.82, 2.24) is 0 Å². The molecule has 0 spiro atoms. The summed E-state index contributed by atoms with van der Waals surface area (Å²) in [5, 5.41) is 0. The van der Waals surface area contributed by atoms with Gasteiger partial charge in [-0.05, 0) is 68.4 Å². The molecule has 2 saturated carbocycles. The predicted octanol–water partition coefficient (Wildman–Crippen LogP) is 7.52. The molecule has 29 heavy (non-hydrogen) atoms. The van der Waals surface area contributed by atoms with E-state index in [0.29, 0.717) is 5.92 Å². The third kappa shape index (κ3) is 5.97. The summed E-state index contributed by atoms with van der Waals surface area (Å²) < 4.78 is 32.7. The summed E-state index contributed by atoms with van der Waals surface area (Å²) in [6.45, 7) is 2.28. The van der Waals surface area contributed by atoms with Gasteiger partial charge >= 0.3 is 0 Å². The first kappa shape index (κ1) is 22.1. The number of rotatable bonds is 6. The Labute approximate surface area is 175 Å². The van der Waals surface area contributed by atoms with Gasteiger partial charge in [0, 0.05) is 5.92 Å². The van der Waals surface area contributed by atoms with Crippen LogP contribution in [0.15, 0.2) is 12.1 Å². The molecule has 2 aliphatic rings. The van der Waals surface area contributed by atoms with Gasteiger partial charge in [-0.25, -0.2) is 4.39 Å². The summed E-state index contributed by atoms with van der Waals surface area (Å²) in [5.41, 5.74) is 0.131. The Morgan fingerprint density at radius 1 is 0.897 bits per heavy atom. The smallest absolute Gasteiger partial charge is 0.201 e. The number of hydrogen-bond acceptors (Lipinski definition) is 1. The molecule has 0 N–H and O–H groups in total. The molecule has 0 saturated heterocycles. The van der Waals surface area contributed by atoms with Crippen LogP contribution in [0.1, 0.15) is 89.5 Å². The monoisotopic (exact) mass is 402 g/mol. The molecule has 160 valence electrons. The molecule has 0 unspecified atom stereocenters. The van der Waals surface area contributed by atoms with E-state index in [1.54, 1.807) is 0 Å². The van der Waals surface area contributed by atoms with E-state index < -0.39 is 11.6 Å². The Morgan fingerprint density at radius 2 is 1.55 bits per heavy atom. The highest BCUT2D eigenvalue weighted by Crippen LogP contribution is 2.42. The number of benzene rings is 1. The highest BCUT2D eigenvalue weighted by Gasteiger charge is 2.30. The van der Waals surface area contributed by atoms with Crippen LogP contribution in [0.5, 0.6) is 5.75 Å². The molecule has 3 rings (SSSR count). The van der Waals surface area contributed by atoms with Gasteiger partial charge in [-0.1, -0.05) is 57.3 Å². The Morgan fingerprint density at radius 3 is 2.17 bits per heavy atom. The molecule has 1 aromatic rings. The molecule has 0 aliphatic heterocycles. The third-order valence-corrected chi connectivity index (χ3v) is 7.22. The van der Waals surface area contributed by atoms with E-state index in [-0.39, 0.29) is 11.3 Å². The van der Waals surface area contributed by atoms with Gasteiger partial charge in [0.1, 0.15) is 0 Å². The van der Waals surface area contributed by atoms with Gasteiger partial charge in [0.25, 0.3) is 0 Å². The van der Waals surface area contributed by atoms with E-state index in [9.17, 15) is 8.78 Å². The Hall–Kier alpha value is -1.56. The van der Waals surface area contributed by atoms with E-state index in [4.69, 9.17) is 4.74 Å². The molecule has 2 fully saturated rings. The average molecular weight is 403 g/mol. The zero-order chi connectivity index (χ0) is 20.6. The topological polar surface area (TPSA) is 9.23 Å². The lowest BCUT2D eigenvalue weighted by atomic mass is 9.69. The van der Waals surface area contributed by atoms with Crippen molar-refractivity contribution >= 4 is 0 Å². The SMILES string of the molecule is CCCCC[C@H]1CC[C@H](C2CCC(C#Cc3ccc(OC)c(F)c3F)CC2)CC1. The van der Waals surface area contributed by atoms with E-state index in [1.165, 1.54) is 83.5 Å². The van der Waals surface area contributed by atoms with Crippen molar-refractivity contribution in [1.29, 1.82) is 0 Å². The fourth-order valence-corrected chi connectivity index (χ4v) is 5.33. The second-order valence-electron chi connectivity index (χ2n) is 9.10. The average Bonchev–Trinajstić information content (AvgIpc) is 2.76. The first-order valence-electron chi connectivity index (χ1n) is 11.7. The molecule has 0 bridgehead atoms. The molecule has 0 atom stereocenters. The van der Waals surface area contributed by atoms with Crippen LogP contribution in [0.25, 0.3) is 0 Å². The fraction of sp³-hybridized carbons (Fsp3) is 0.692. The lowest BCUT2D eigenvalue weighted by Crippen LogP contribution is -2.25. The van der Waals surface area contributed by atoms with Crippen LogP contribution < -0.4 is 4.74 Å². The molecule has 0 radical (unpaired) electrons. The van der Waals surface area contributed by atoms with Crippen LogP contribution in [0, 0.1) is 47.1 Å². The maximum atomic E-state index is 14.1. The molecule has 1 nitrogen and oxygen atoms in total. The van der Waals surface area contributed by atoms with Crippen molar-refractivity contribution in [3.8, 4) is 17.6 Å². The van der Waals surface area contributed by atoms with Gasteiger partial charge in [0.05, 0.1) is 12.7 Å². The van der Waals surface area contributed by atoms with Crippen molar-refractivity contribution in [2.75, 3.05) is 7.11 Å². The minimum atomic E-state index is -0.951. The van der Waals surface area contributed by atoms with Crippen molar-refractivity contribution in [3.63, 3.8) is 0 Å². The standard InChI is InChI=1S/C26H36F2O/c1-3-4-5-6-19-7-12-21(13-8-19)22-14-9-20(10-15-22)11-16-23-17-18-24(29-2)26(28)25(23)27/h17-22H,3-10,12-15H2,1-2H3/t19-,20?,21-,22?. The normalized spacial score (nSPS) is 27.2. The van der Waals surface area contributed by atoms with Crippen LogP contribution in [-0.2, 0) is 0 Å². The molecule has 1 aromatic carbocycles. The molecule has 2 aliphatic carbocycles. The van der Waals surface area contributed by atoms with Crippen molar-refractivity contribution in [3.05, 3.63) is 29.3 Å². The summed E-state index contributed by atoms with van der Waals surface area (Å²) in [6.07, 6.45) is 15.9. The molecule has 0 heterocycles. The van der Waals surface area contributed by atoms with Gasteiger partial charge in [0.15, 0.2) is 11.6 Å². The van der Waals surface area contributed by atoms with Gasteiger partial charge in [0.2, 0.25) is 5.82 Å². The minimum Gasteiger partial charge on any atom is -0.494 e. The fourth-order valence-electron chi connectivity index (χ4n) is 5.33. The van der Waals surface area contributed by atoms with E-state index >= 15 is 0 Å². The Kier molecular flexibility index (Phi) is 8.40. The summed E-state index contributed by atoms with van der Waals surface area (Å²) in [6, 6.07) is 2.95. The summed E-state index contributed by atoms with van der Waals surface area (Å²) in [5.74, 6) is 7.18. The lowest BCUT2D eigenvalue weighted by Gasteiger charge is -2.37. The van der Waals surface area contributed by atoms with Crippen LogP contribution in [0.2, 0.25) is 0 Å². The molecular formula is C26H36F2O. The highest BCUT2D eigenvalue weighted by atomic mass is 19.2. The second kappa shape index (κ2) is 11.0. The van der Waals surface area contributed by atoms with Crippen LogP contribution >= 0.6 is 0 Å². The predicted molar refractivity (Wildman–Crippen MR) is 115 cm³/mol. The summed E-state index contributed by atoms with van der Waals surface area (Å²) >= 11 is 0. The summed E-state index contributed by atoms with van der Waals surface area (Å²) in [4.78, 5) is 0. The second-order valence-corrected chi connectivity index (χ2v) is 9.10. The molecule has 3 heteroatoms. The van der Waals surface area contributed by atoms with E-state index in [0.717, 1.165) is 30.6 Å². The number of ether oxygens (including phenoxy) is 1. The maximum Gasteiger partial charge on any atom is 0.201 e. The van der Waals surface area contributed by atoms with E-state index in [2.05, 4.69) is 18.8 Å². The lowest BCUT2D eigenvalue weighted by molar-refractivity contribution is 0.153. The third-order valence-electron chi connectivity index (χ3n) is 7.22. The Bertz CT molecular complexity index is 701. The van der Waals surface area contributed by atoms with Gasteiger partial charge in [-0.2, -0.15) is 4.39 Å². The number of halogens is 2. The molecule has 0 amide bonds. The first-order valence-corrected chi connectivity index (χ1v) is 11.7. The van der Waals surface area contributed by atoms with Gasteiger partial charge < -0.3 is 4.74 Å². The van der Waals surface area contributed by atoms with Gasteiger partial charge in [-0.3, -0.25) is 0 Å². The largest absolute Gasteiger partial charge is 0.494 e. The number of unbranched alkanes of at least 4 members (excludes halogenated alkanes) is 2. The van der Waals surface area contributed by atoms with Crippen molar-refractivity contribution in [2.45, 2.75) is 84.0 Å². The van der Waals surface area contributed by atoms with Crippen molar-refractivity contribution < 1.29 is 13.5 Å².